The van der Waals surface area contributed by atoms with Crippen molar-refractivity contribution in [1.82, 2.24) is 5.32 Å². The minimum absolute atomic E-state index is 0.000579. The minimum atomic E-state index is -0.873. The molecule has 56 valence electrons. The summed E-state index contributed by atoms with van der Waals surface area (Å²) in [6, 6.07) is 0. The van der Waals surface area contributed by atoms with E-state index < -0.39 is 6.09 Å². The maximum absolute atomic E-state index is 10.2. The molecule has 3 aliphatic carbocycles. The molecule has 0 heterocycles. The van der Waals surface area contributed by atoms with E-state index in [1.54, 1.807) is 0 Å². The summed E-state index contributed by atoms with van der Waals surface area (Å²) < 4.78 is 0. The fourth-order valence-electron chi connectivity index (χ4n) is 2.65. The summed E-state index contributed by atoms with van der Waals surface area (Å²) in [4.78, 5) is 10.2. The molecular weight excluding hydrogens is 130 g/mol. The molecule has 0 aromatic rings. The van der Waals surface area contributed by atoms with E-state index in [-0.39, 0.29) is 5.54 Å². The van der Waals surface area contributed by atoms with Gasteiger partial charge in [0, 0.05) is 5.54 Å². The number of amides is 1. The highest BCUT2D eigenvalue weighted by Crippen LogP contribution is 2.66. The fourth-order valence-corrected chi connectivity index (χ4v) is 2.65. The molecule has 2 N–H and O–H groups in total. The van der Waals surface area contributed by atoms with E-state index in [1.165, 1.54) is 0 Å². The molecule has 0 spiro atoms. The zero-order valence-corrected chi connectivity index (χ0v) is 5.98. The zero-order chi connectivity index (χ0) is 7.41. The highest BCUT2D eigenvalue weighted by atomic mass is 16.4. The van der Waals surface area contributed by atoms with Crippen LogP contribution in [0.4, 0.5) is 4.79 Å². The van der Waals surface area contributed by atoms with Gasteiger partial charge in [0.1, 0.15) is 0 Å². The van der Waals surface area contributed by atoms with Crippen molar-refractivity contribution in [3.63, 3.8) is 0 Å². The van der Waals surface area contributed by atoms with Gasteiger partial charge in [0.15, 0.2) is 0 Å². The standard InChI is InChI=1S/C7H11NO2/c1-6-2-7(3-6,4-6)8-5(9)10/h8H,2-4H2,1H3,(H,9,10). The Kier molecular flexibility index (Phi) is 0.787. The van der Waals surface area contributed by atoms with Crippen LogP contribution in [0, 0.1) is 5.41 Å². The van der Waals surface area contributed by atoms with Gasteiger partial charge < -0.3 is 10.4 Å². The van der Waals surface area contributed by atoms with Gasteiger partial charge in [0.25, 0.3) is 0 Å². The molecule has 0 saturated heterocycles. The van der Waals surface area contributed by atoms with E-state index in [0.717, 1.165) is 19.3 Å². The molecule has 3 nitrogen and oxygen atoms in total. The van der Waals surface area contributed by atoms with Crippen LogP contribution in [0.15, 0.2) is 0 Å². The third-order valence-electron chi connectivity index (χ3n) is 2.67. The number of carbonyl (C=O) groups is 1. The van der Waals surface area contributed by atoms with Crippen LogP contribution in [0.25, 0.3) is 0 Å². The molecule has 3 rings (SSSR count). The van der Waals surface area contributed by atoms with Crippen LogP contribution in [0.1, 0.15) is 26.2 Å². The molecule has 10 heavy (non-hydrogen) atoms. The lowest BCUT2D eigenvalue weighted by atomic mass is 9.40. The molecule has 0 aliphatic heterocycles. The monoisotopic (exact) mass is 141 g/mol. The predicted molar refractivity (Wildman–Crippen MR) is 35.8 cm³/mol. The SMILES string of the molecule is CC12CC(NC(=O)O)(C1)C2. The molecule has 0 unspecified atom stereocenters. The molecule has 0 aromatic heterocycles. The smallest absolute Gasteiger partial charge is 0.405 e. The lowest BCUT2D eigenvalue weighted by molar-refractivity contribution is -0.134. The van der Waals surface area contributed by atoms with Gasteiger partial charge in [-0.15, -0.1) is 0 Å². The van der Waals surface area contributed by atoms with Crippen LogP contribution < -0.4 is 5.32 Å². The molecule has 3 fully saturated rings. The largest absolute Gasteiger partial charge is 0.465 e. The van der Waals surface area contributed by atoms with Crippen molar-refractivity contribution in [1.29, 1.82) is 0 Å². The third-order valence-corrected chi connectivity index (χ3v) is 2.67. The highest BCUT2D eigenvalue weighted by molar-refractivity contribution is 5.66. The van der Waals surface area contributed by atoms with Gasteiger partial charge in [-0.3, -0.25) is 0 Å². The van der Waals surface area contributed by atoms with Gasteiger partial charge >= 0.3 is 6.09 Å². The maximum Gasteiger partial charge on any atom is 0.405 e. The summed E-state index contributed by atoms with van der Waals surface area (Å²) in [5, 5.41) is 11.0. The average molecular weight is 141 g/mol. The Labute approximate surface area is 59.4 Å². The average Bonchev–Trinajstić information content (AvgIpc) is 1.56. The fraction of sp³-hybridized carbons (Fsp3) is 0.857. The normalized spacial score (nSPS) is 48.9. The molecule has 3 saturated carbocycles. The summed E-state index contributed by atoms with van der Waals surface area (Å²) >= 11 is 0. The summed E-state index contributed by atoms with van der Waals surface area (Å²) in [6.45, 7) is 2.21. The second-order valence-electron chi connectivity index (χ2n) is 4.05. The van der Waals surface area contributed by atoms with Crippen LogP contribution in [0.5, 0.6) is 0 Å². The molecule has 0 aromatic carbocycles. The molecule has 0 radical (unpaired) electrons. The second kappa shape index (κ2) is 1.31. The summed E-state index contributed by atoms with van der Waals surface area (Å²) in [7, 11) is 0. The van der Waals surface area contributed by atoms with Gasteiger partial charge in [0.2, 0.25) is 0 Å². The van der Waals surface area contributed by atoms with Crippen LogP contribution >= 0.6 is 0 Å². The summed E-state index contributed by atoms with van der Waals surface area (Å²) in [6.07, 6.45) is 2.27. The van der Waals surface area contributed by atoms with Crippen LogP contribution in [0.2, 0.25) is 0 Å². The Morgan fingerprint density at radius 1 is 1.50 bits per heavy atom. The Morgan fingerprint density at radius 3 is 2.30 bits per heavy atom. The number of rotatable bonds is 1. The van der Waals surface area contributed by atoms with Gasteiger partial charge in [-0.25, -0.2) is 4.79 Å². The Morgan fingerprint density at radius 2 is 2.00 bits per heavy atom. The van der Waals surface area contributed by atoms with Crippen molar-refractivity contribution in [2.75, 3.05) is 0 Å². The maximum atomic E-state index is 10.2. The van der Waals surface area contributed by atoms with Crippen molar-refractivity contribution in [2.45, 2.75) is 31.7 Å². The summed E-state index contributed by atoms with van der Waals surface area (Å²) in [5.41, 5.74) is 0.489. The van der Waals surface area contributed by atoms with Crippen molar-refractivity contribution in [3.05, 3.63) is 0 Å². The van der Waals surface area contributed by atoms with E-state index in [4.69, 9.17) is 5.11 Å². The van der Waals surface area contributed by atoms with E-state index in [9.17, 15) is 4.79 Å². The Hall–Kier alpha value is -0.730. The number of nitrogens with one attached hydrogen (secondary N) is 1. The first kappa shape index (κ1) is 6.01. The summed E-state index contributed by atoms with van der Waals surface area (Å²) in [5.74, 6) is 0. The molecule has 3 heteroatoms. The third kappa shape index (κ3) is 0.576. The van der Waals surface area contributed by atoms with Gasteiger partial charge in [-0.1, -0.05) is 6.92 Å². The van der Waals surface area contributed by atoms with E-state index >= 15 is 0 Å². The van der Waals surface area contributed by atoms with Crippen molar-refractivity contribution in [2.24, 2.45) is 5.41 Å². The van der Waals surface area contributed by atoms with Gasteiger partial charge in [-0.05, 0) is 24.7 Å². The first-order chi connectivity index (χ1) is 4.54. The molecule has 2 bridgehead atoms. The number of carboxylic acid groups (broad SMARTS) is 1. The molecule has 1 amide bonds. The zero-order valence-electron chi connectivity index (χ0n) is 5.98. The lowest BCUT2D eigenvalue weighted by Gasteiger charge is -2.69. The topological polar surface area (TPSA) is 49.3 Å². The molecule has 3 aliphatic rings. The highest BCUT2D eigenvalue weighted by Gasteiger charge is 2.65. The first-order valence-corrected chi connectivity index (χ1v) is 3.55. The van der Waals surface area contributed by atoms with Crippen LogP contribution in [-0.2, 0) is 0 Å². The second-order valence-corrected chi connectivity index (χ2v) is 4.05. The quantitative estimate of drug-likeness (QED) is 0.576. The Bertz CT molecular complexity index is 180. The van der Waals surface area contributed by atoms with E-state index in [2.05, 4.69) is 12.2 Å². The Balaban J connectivity index is 1.93. The van der Waals surface area contributed by atoms with Gasteiger partial charge in [-0.2, -0.15) is 0 Å². The van der Waals surface area contributed by atoms with Gasteiger partial charge in [0.05, 0.1) is 0 Å². The van der Waals surface area contributed by atoms with Crippen molar-refractivity contribution in [3.8, 4) is 0 Å². The van der Waals surface area contributed by atoms with E-state index in [1.807, 2.05) is 0 Å². The molecular formula is C7H11NO2. The minimum Gasteiger partial charge on any atom is -0.465 e. The predicted octanol–water partition coefficient (Wildman–Crippen LogP) is 1.20. The van der Waals surface area contributed by atoms with Crippen molar-refractivity contribution < 1.29 is 9.90 Å². The number of hydrogen-bond donors (Lipinski definition) is 2. The number of hydrogen-bond acceptors (Lipinski definition) is 1. The molecule has 0 atom stereocenters. The van der Waals surface area contributed by atoms with Crippen LogP contribution in [-0.4, -0.2) is 16.7 Å². The first-order valence-electron chi connectivity index (χ1n) is 3.55. The van der Waals surface area contributed by atoms with E-state index in [0.29, 0.717) is 5.41 Å². The lowest BCUT2D eigenvalue weighted by Crippen LogP contribution is -2.73. The van der Waals surface area contributed by atoms with Crippen molar-refractivity contribution >= 4 is 6.09 Å². The van der Waals surface area contributed by atoms with Crippen LogP contribution in [0.3, 0.4) is 0 Å².